The average molecular weight is 423 g/mol. The Morgan fingerprint density at radius 2 is 2.00 bits per heavy atom. The molecule has 1 N–H and O–H groups in total. The number of nitrogens with one attached hydrogen (secondary N) is 1. The van der Waals surface area contributed by atoms with Crippen LogP contribution in [0.25, 0.3) is 11.4 Å². The largest absolute Gasteiger partial charge is 0.352 e. The van der Waals surface area contributed by atoms with Crippen molar-refractivity contribution in [3.63, 3.8) is 0 Å². The summed E-state index contributed by atoms with van der Waals surface area (Å²) in [6, 6.07) is 8.28. The first-order valence-electron chi connectivity index (χ1n) is 8.62. The van der Waals surface area contributed by atoms with Gasteiger partial charge >= 0.3 is 0 Å². The van der Waals surface area contributed by atoms with Gasteiger partial charge < -0.3 is 9.88 Å². The molecule has 0 radical (unpaired) electrons. The third-order valence-corrected chi connectivity index (χ3v) is 6.28. The lowest BCUT2D eigenvalue weighted by Crippen LogP contribution is -2.41. The second-order valence-electron chi connectivity index (χ2n) is 6.60. The van der Waals surface area contributed by atoms with E-state index in [9.17, 15) is 4.79 Å². The molecular formula is C18H23BrN4OS. The molecule has 1 aromatic carbocycles. The molecule has 7 heteroatoms. The molecule has 2 unspecified atom stereocenters. The van der Waals surface area contributed by atoms with E-state index in [0.29, 0.717) is 17.7 Å². The number of hydrogen-bond donors (Lipinski definition) is 1. The van der Waals surface area contributed by atoms with Crippen molar-refractivity contribution >= 4 is 33.6 Å². The van der Waals surface area contributed by atoms with E-state index in [2.05, 4.69) is 38.4 Å². The van der Waals surface area contributed by atoms with Gasteiger partial charge in [-0.2, -0.15) is 0 Å². The number of carbonyl (C=O) groups excluding carboxylic acids is 1. The van der Waals surface area contributed by atoms with Crippen LogP contribution in [0.3, 0.4) is 0 Å². The van der Waals surface area contributed by atoms with Crippen molar-refractivity contribution in [3.05, 3.63) is 28.7 Å². The molecule has 2 atom stereocenters. The Hall–Kier alpha value is -1.34. The van der Waals surface area contributed by atoms with Gasteiger partial charge in [0.05, 0.1) is 5.75 Å². The van der Waals surface area contributed by atoms with E-state index in [1.165, 1.54) is 31.0 Å². The van der Waals surface area contributed by atoms with Crippen LogP contribution >= 0.6 is 27.7 Å². The van der Waals surface area contributed by atoms with Gasteiger partial charge in [0, 0.05) is 23.1 Å². The van der Waals surface area contributed by atoms with E-state index < -0.39 is 0 Å². The summed E-state index contributed by atoms with van der Waals surface area (Å²) in [4.78, 5) is 12.3. The van der Waals surface area contributed by atoms with Crippen LogP contribution in [0, 0.1) is 5.92 Å². The normalized spacial score (nSPS) is 20.4. The van der Waals surface area contributed by atoms with Crippen molar-refractivity contribution in [2.24, 2.45) is 13.0 Å². The number of benzene rings is 1. The average Bonchev–Trinajstić information content (AvgIpc) is 2.97. The van der Waals surface area contributed by atoms with Gasteiger partial charge in [-0.05, 0) is 30.9 Å². The molecule has 134 valence electrons. The van der Waals surface area contributed by atoms with Crippen molar-refractivity contribution in [2.45, 2.75) is 43.8 Å². The Morgan fingerprint density at radius 1 is 1.28 bits per heavy atom. The SMILES string of the molecule is CC1CCCCC1NC(=O)CSc1nnc(-c2ccc(Br)cc2)n1C. The first kappa shape index (κ1) is 18.5. The van der Waals surface area contributed by atoms with Gasteiger partial charge in [0.2, 0.25) is 5.91 Å². The van der Waals surface area contributed by atoms with Crippen LogP contribution in [0.15, 0.2) is 33.9 Å². The Morgan fingerprint density at radius 3 is 2.72 bits per heavy atom. The summed E-state index contributed by atoms with van der Waals surface area (Å²) in [7, 11) is 1.93. The number of carbonyl (C=O) groups is 1. The number of hydrogen-bond acceptors (Lipinski definition) is 4. The van der Waals surface area contributed by atoms with E-state index >= 15 is 0 Å². The van der Waals surface area contributed by atoms with Crippen molar-refractivity contribution in [1.29, 1.82) is 0 Å². The highest BCUT2D eigenvalue weighted by atomic mass is 79.9. The van der Waals surface area contributed by atoms with Gasteiger partial charge in [-0.25, -0.2) is 0 Å². The van der Waals surface area contributed by atoms with Crippen LogP contribution in [-0.4, -0.2) is 32.5 Å². The topological polar surface area (TPSA) is 59.8 Å². The van der Waals surface area contributed by atoms with E-state index in [4.69, 9.17) is 0 Å². The molecule has 0 bridgehead atoms. The molecular weight excluding hydrogens is 400 g/mol. The van der Waals surface area contributed by atoms with Gasteiger partial charge in [-0.15, -0.1) is 10.2 Å². The number of aromatic nitrogens is 3. The summed E-state index contributed by atoms with van der Waals surface area (Å²) in [5, 5.41) is 12.4. The van der Waals surface area contributed by atoms with Crippen molar-refractivity contribution < 1.29 is 4.79 Å². The van der Waals surface area contributed by atoms with Gasteiger partial charge in [0.15, 0.2) is 11.0 Å². The summed E-state index contributed by atoms with van der Waals surface area (Å²) in [5.74, 6) is 1.82. The molecule has 3 rings (SSSR count). The molecule has 25 heavy (non-hydrogen) atoms. The van der Waals surface area contributed by atoms with Gasteiger partial charge in [0.1, 0.15) is 0 Å². The van der Waals surface area contributed by atoms with Gasteiger partial charge in [-0.3, -0.25) is 4.79 Å². The fraction of sp³-hybridized carbons (Fsp3) is 0.500. The molecule has 0 spiro atoms. The van der Waals surface area contributed by atoms with Crippen molar-refractivity contribution in [3.8, 4) is 11.4 Å². The fourth-order valence-electron chi connectivity index (χ4n) is 3.20. The van der Waals surface area contributed by atoms with Gasteiger partial charge in [-0.1, -0.05) is 59.6 Å². The highest BCUT2D eigenvalue weighted by molar-refractivity contribution is 9.10. The zero-order chi connectivity index (χ0) is 17.8. The van der Waals surface area contributed by atoms with Crippen LogP contribution < -0.4 is 5.32 Å². The van der Waals surface area contributed by atoms with Crippen LogP contribution in [0.5, 0.6) is 0 Å². The zero-order valence-corrected chi connectivity index (χ0v) is 16.9. The Bertz CT molecular complexity index is 731. The molecule has 1 saturated carbocycles. The molecule has 2 aromatic rings. The zero-order valence-electron chi connectivity index (χ0n) is 14.5. The Labute approximate surface area is 161 Å². The lowest BCUT2D eigenvalue weighted by Gasteiger charge is -2.29. The van der Waals surface area contributed by atoms with Gasteiger partial charge in [0.25, 0.3) is 0 Å². The van der Waals surface area contributed by atoms with Crippen LogP contribution in [0.2, 0.25) is 0 Å². The molecule has 0 aliphatic heterocycles. The lowest BCUT2D eigenvalue weighted by atomic mass is 9.86. The lowest BCUT2D eigenvalue weighted by molar-refractivity contribution is -0.119. The predicted octanol–water partition coefficient (Wildman–Crippen LogP) is 4.03. The minimum Gasteiger partial charge on any atom is -0.352 e. The van der Waals surface area contributed by atoms with Crippen LogP contribution in [-0.2, 0) is 11.8 Å². The molecule has 0 saturated heterocycles. The molecule has 1 fully saturated rings. The first-order chi connectivity index (χ1) is 12.0. The highest BCUT2D eigenvalue weighted by Gasteiger charge is 2.23. The number of rotatable bonds is 5. The number of halogens is 1. The van der Waals surface area contributed by atoms with Crippen molar-refractivity contribution in [2.75, 3.05) is 5.75 Å². The molecule has 1 heterocycles. The molecule has 1 aliphatic rings. The third kappa shape index (κ3) is 4.64. The smallest absolute Gasteiger partial charge is 0.230 e. The summed E-state index contributed by atoms with van der Waals surface area (Å²) >= 11 is 4.87. The fourth-order valence-corrected chi connectivity index (χ4v) is 4.19. The Kier molecular flexibility index (Phi) is 6.17. The number of thioether (sulfide) groups is 1. The van der Waals surface area contributed by atoms with Crippen LogP contribution in [0.1, 0.15) is 32.6 Å². The first-order valence-corrected chi connectivity index (χ1v) is 10.4. The summed E-state index contributed by atoms with van der Waals surface area (Å²) in [6.45, 7) is 2.23. The molecule has 1 aliphatic carbocycles. The standard InChI is InChI=1S/C18H23BrN4OS/c1-12-5-3-4-6-15(12)20-16(24)11-25-18-22-21-17(23(18)2)13-7-9-14(19)10-8-13/h7-10,12,15H,3-6,11H2,1-2H3,(H,20,24). The van der Waals surface area contributed by atoms with Crippen molar-refractivity contribution in [1.82, 2.24) is 20.1 Å². The molecule has 5 nitrogen and oxygen atoms in total. The minimum absolute atomic E-state index is 0.0805. The van der Waals surface area contributed by atoms with E-state index in [1.807, 2.05) is 35.9 Å². The second-order valence-corrected chi connectivity index (χ2v) is 8.45. The minimum atomic E-state index is 0.0805. The Balaban J connectivity index is 1.58. The highest BCUT2D eigenvalue weighted by Crippen LogP contribution is 2.25. The maximum Gasteiger partial charge on any atom is 0.230 e. The van der Waals surface area contributed by atoms with E-state index in [0.717, 1.165) is 27.4 Å². The maximum atomic E-state index is 12.3. The van der Waals surface area contributed by atoms with E-state index in [1.54, 1.807) is 0 Å². The maximum absolute atomic E-state index is 12.3. The second kappa shape index (κ2) is 8.36. The number of amides is 1. The van der Waals surface area contributed by atoms with Crippen LogP contribution in [0.4, 0.5) is 0 Å². The third-order valence-electron chi connectivity index (χ3n) is 4.73. The summed E-state index contributed by atoms with van der Waals surface area (Å²) < 4.78 is 2.96. The molecule has 1 amide bonds. The van der Waals surface area contributed by atoms with E-state index in [-0.39, 0.29) is 5.91 Å². The monoisotopic (exact) mass is 422 g/mol. The number of nitrogens with zero attached hydrogens (tertiary/aromatic N) is 3. The predicted molar refractivity (Wildman–Crippen MR) is 104 cm³/mol. The summed E-state index contributed by atoms with van der Waals surface area (Å²) in [5.41, 5.74) is 1.01. The quantitative estimate of drug-likeness (QED) is 0.738. The molecule has 1 aromatic heterocycles. The summed E-state index contributed by atoms with van der Waals surface area (Å²) in [6.07, 6.45) is 4.79.